The minimum atomic E-state index is -0.380. The molecule has 1 aromatic carbocycles. The summed E-state index contributed by atoms with van der Waals surface area (Å²) in [6.45, 7) is 4.35. The molecule has 0 radical (unpaired) electrons. The normalized spacial score (nSPS) is 28.6. The second-order valence-electron chi connectivity index (χ2n) is 5.75. The lowest BCUT2D eigenvalue weighted by molar-refractivity contribution is 0.233. The van der Waals surface area contributed by atoms with Gasteiger partial charge in [0.05, 0.1) is 6.07 Å². The Bertz CT molecular complexity index is 434. The summed E-state index contributed by atoms with van der Waals surface area (Å²) < 4.78 is 0. The fraction of sp³-hybridized carbons (Fsp3) is 0.588. The molecule has 3 unspecified atom stereocenters. The fourth-order valence-electron chi connectivity index (χ4n) is 3.19. The molecule has 3 atom stereocenters. The molecule has 2 nitrogen and oxygen atoms in total. The summed E-state index contributed by atoms with van der Waals surface area (Å²) >= 11 is 0. The third kappa shape index (κ3) is 2.98. The molecule has 0 amide bonds. The maximum Gasteiger partial charge on any atom is 0.113 e. The maximum absolute atomic E-state index is 9.81. The van der Waals surface area contributed by atoms with Gasteiger partial charge in [0.1, 0.15) is 5.54 Å². The summed E-state index contributed by atoms with van der Waals surface area (Å²) in [6.07, 6.45) is 5.52. The molecular formula is C17H24N2. The Balaban J connectivity index is 2.30. The van der Waals surface area contributed by atoms with Crippen LogP contribution in [0.5, 0.6) is 0 Å². The van der Waals surface area contributed by atoms with E-state index >= 15 is 0 Å². The van der Waals surface area contributed by atoms with Crippen LogP contribution in [0.3, 0.4) is 0 Å². The van der Waals surface area contributed by atoms with Crippen molar-refractivity contribution in [3.8, 4) is 6.07 Å². The van der Waals surface area contributed by atoms with Gasteiger partial charge in [0.2, 0.25) is 0 Å². The molecule has 0 heterocycles. The highest BCUT2D eigenvalue weighted by Gasteiger charge is 2.42. The molecule has 102 valence electrons. The third-order valence-corrected chi connectivity index (χ3v) is 4.43. The van der Waals surface area contributed by atoms with E-state index in [1.165, 1.54) is 12.0 Å². The van der Waals surface area contributed by atoms with Gasteiger partial charge in [-0.2, -0.15) is 5.26 Å². The number of nitrogens with zero attached hydrogens (tertiary/aromatic N) is 1. The van der Waals surface area contributed by atoms with Crippen molar-refractivity contribution < 1.29 is 0 Å². The van der Waals surface area contributed by atoms with Crippen LogP contribution in [0.1, 0.15) is 57.4 Å². The zero-order valence-corrected chi connectivity index (χ0v) is 12.0. The van der Waals surface area contributed by atoms with E-state index in [0.717, 1.165) is 25.7 Å². The Morgan fingerprint density at radius 1 is 1.37 bits per heavy atom. The van der Waals surface area contributed by atoms with Gasteiger partial charge < -0.3 is 0 Å². The van der Waals surface area contributed by atoms with Crippen molar-refractivity contribution in [1.82, 2.24) is 5.32 Å². The first-order chi connectivity index (χ1) is 9.22. The highest BCUT2D eigenvalue weighted by atomic mass is 15.0. The van der Waals surface area contributed by atoms with Crippen LogP contribution in [0, 0.1) is 11.3 Å². The summed E-state index contributed by atoms with van der Waals surface area (Å²) in [7, 11) is 0. The Labute approximate surface area is 116 Å². The molecule has 1 aromatic rings. The summed E-state index contributed by atoms with van der Waals surface area (Å²) in [5.74, 6) is 0.321. The first-order valence-electron chi connectivity index (χ1n) is 7.45. The lowest BCUT2D eigenvalue weighted by Crippen LogP contribution is -2.53. The lowest BCUT2D eigenvalue weighted by atomic mass is 9.70. The molecule has 2 heteroatoms. The molecule has 0 bridgehead atoms. The molecule has 1 N–H and O–H groups in total. The minimum absolute atomic E-state index is 0.321. The van der Waals surface area contributed by atoms with Gasteiger partial charge in [-0.15, -0.1) is 0 Å². The van der Waals surface area contributed by atoms with Gasteiger partial charge in [0.25, 0.3) is 0 Å². The van der Waals surface area contributed by atoms with Crippen molar-refractivity contribution in [2.45, 2.75) is 63.5 Å². The Kier molecular flexibility index (Phi) is 4.61. The van der Waals surface area contributed by atoms with Crippen molar-refractivity contribution >= 4 is 0 Å². The SMILES string of the molecule is CCC(C)NC1(C#N)CCCCC1c1ccccc1. The fourth-order valence-corrected chi connectivity index (χ4v) is 3.19. The highest BCUT2D eigenvalue weighted by molar-refractivity contribution is 5.30. The van der Waals surface area contributed by atoms with Gasteiger partial charge in [0, 0.05) is 12.0 Å². The van der Waals surface area contributed by atoms with Crippen LogP contribution in [0.15, 0.2) is 30.3 Å². The van der Waals surface area contributed by atoms with Crippen molar-refractivity contribution in [2.75, 3.05) is 0 Å². The predicted molar refractivity (Wildman–Crippen MR) is 78.9 cm³/mol. The minimum Gasteiger partial charge on any atom is -0.296 e. The van der Waals surface area contributed by atoms with Crippen LogP contribution in [0.2, 0.25) is 0 Å². The predicted octanol–water partition coefficient (Wildman–Crippen LogP) is 3.99. The van der Waals surface area contributed by atoms with Gasteiger partial charge in [-0.3, -0.25) is 5.32 Å². The van der Waals surface area contributed by atoms with E-state index in [1.807, 2.05) is 6.07 Å². The van der Waals surface area contributed by atoms with E-state index in [-0.39, 0.29) is 5.54 Å². The number of hydrogen-bond donors (Lipinski definition) is 1. The number of nitrogens with one attached hydrogen (secondary N) is 1. The summed E-state index contributed by atoms with van der Waals surface area (Å²) in [4.78, 5) is 0. The van der Waals surface area contributed by atoms with E-state index in [4.69, 9.17) is 0 Å². The number of benzene rings is 1. The Morgan fingerprint density at radius 3 is 2.74 bits per heavy atom. The van der Waals surface area contributed by atoms with Crippen molar-refractivity contribution in [3.63, 3.8) is 0 Å². The maximum atomic E-state index is 9.81. The van der Waals surface area contributed by atoms with Crippen molar-refractivity contribution in [3.05, 3.63) is 35.9 Å². The number of rotatable bonds is 4. The van der Waals surface area contributed by atoms with Gasteiger partial charge in [-0.1, -0.05) is 50.1 Å². The topological polar surface area (TPSA) is 35.8 Å². The average Bonchev–Trinajstić information content (AvgIpc) is 2.48. The van der Waals surface area contributed by atoms with Gasteiger partial charge in [-0.25, -0.2) is 0 Å². The van der Waals surface area contributed by atoms with Crippen LogP contribution in [-0.2, 0) is 0 Å². The molecule has 2 rings (SSSR count). The zero-order chi connectivity index (χ0) is 13.7. The molecule has 1 fully saturated rings. The van der Waals surface area contributed by atoms with E-state index in [9.17, 15) is 5.26 Å². The van der Waals surface area contributed by atoms with E-state index < -0.39 is 0 Å². The summed E-state index contributed by atoms with van der Waals surface area (Å²) in [5.41, 5.74) is 0.925. The smallest absolute Gasteiger partial charge is 0.113 e. The standard InChI is InChI=1S/C17H24N2/c1-3-14(2)19-17(13-18)12-8-7-11-16(17)15-9-5-4-6-10-15/h4-6,9-10,14,16,19H,3,7-8,11-12H2,1-2H3. The number of hydrogen-bond acceptors (Lipinski definition) is 2. The van der Waals surface area contributed by atoms with Crippen molar-refractivity contribution in [1.29, 1.82) is 5.26 Å². The summed E-state index contributed by atoms with van der Waals surface area (Å²) in [6, 6.07) is 13.5. The Morgan fingerprint density at radius 2 is 2.11 bits per heavy atom. The Hall–Kier alpha value is -1.33. The zero-order valence-electron chi connectivity index (χ0n) is 12.0. The molecule has 0 aromatic heterocycles. The lowest BCUT2D eigenvalue weighted by Gasteiger charge is -2.41. The second-order valence-corrected chi connectivity index (χ2v) is 5.75. The van der Waals surface area contributed by atoms with Crippen LogP contribution < -0.4 is 5.32 Å². The van der Waals surface area contributed by atoms with Crippen LogP contribution >= 0.6 is 0 Å². The average molecular weight is 256 g/mol. The monoisotopic (exact) mass is 256 g/mol. The first-order valence-corrected chi connectivity index (χ1v) is 7.45. The van der Waals surface area contributed by atoms with Crippen LogP contribution in [0.25, 0.3) is 0 Å². The van der Waals surface area contributed by atoms with Crippen LogP contribution in [0.4, 0.5) is 0 Å². The largest absolute Gasteiger partial charge is 0.296 e. The quantitative estimate of drug-likeness (QED) is 0.884. The van der Waals surface area contributed by atoms with E-state index in [2.05, 4.69) is 49.5 Å². The van der Waals surface area contributed by atoms with Gasteiger partial charge in [0.15, 0.2) is 0 Å². The molecule has 0 saturated heterocycles. The third-order valence-electron chi connectivity index (χ3n) is 4.43. The van der Waals surface area contributed by atoms with E-state index in [1.54, 1.807) is 0 Å². The van der Waals surface area contributed by atoms with Gasteiger partial charge in [-0.05, 0) is 31.7 Å². The van der Waals surface area contributed by atoms with Gasteiger partial charge >= 0.3 is 0 Å². The highest BCUT2D eigenvalue weighted by Crippen LogP contribution is 2.41. The van der Waals surface area contributed by atoms with Crippen molar-refractivity contribution in [2.24, 2.45) is 0 Å². The molecular weight excluding hydrogens is 232 g/mol. The first kappa shape index (κ1) is 14.1. The molecule has 0 aliphatic heterocycles. The summed E-state index contributed by atoms with van der Waals surface area (Å²) in [5, 5.41) is 13.4. The molecule has 1 saturated carbocycles. The molecule has 0 spiro atoms. The second kappa shape index (κ2) is 6.21. The van der Waals surface area contributed by atoms with E-state index in [0.29, 0.717) is 12.0 Å². The molecule has 1 aliphatic rings. The molecule has 1 aliphatic carbocycles. The number of nitriles is 1. The van der Waals surface area contributed by atoms with Crippen LogP contribution in [-0.4, -0.2) is 11.6 Å². The molecule has 19 heavy (non-hydrogen) atoms.